The van der Waals surface area contributed by atoms with Crippen LogP contribution in [0.25, 0.3) is 11.4 Å². The Morgan fingerprint density at radius 1 is 1.29 bits per heavy atom. The van der Waals surface area contributed by atoms with Crippen molar-refractivity contribution in [3.63, 3.8) is 0 Å². The molecular weight excluding hydrogens is 200 g/mol. The molecule has 2 aromatic heterocycles. The number of H-pyrrole nitrogens is 1. The number of nitrogens with zero attached hydrogens (tertiary/aromatic N) is 2. The summed E-state index contributed by atoms with van der Waals surface area (Å²) < 4.78 is 0. The van der Waals surface area contributed by atoms with E-state index < -0.39 is 0 Å². The Morgan fingerprint density at radius 2 is 2.14 bits per heavy atom. The topological polar surface area (TPSA) is 67.6 Å². The van der Waals surface area contributed by atoms with E-state index in [0.717, 1.165) is 23.4 Å². The molecule has 4 nitrogen and oxygen atoms in total. The summed E-state index contributed by atoms with van der Waals surface area (Å²) in [6.45, 7) is 0. The Hall–Kier alpha value is -1.55. The largest absolute Gasteiger partial charge is 0.383 e. The van der Waals surface area contributed by atoms with E-state index in [9.17, 15) is 0 Å². The van der Waals surface area contributed by atoms with Gasteiger partial charge in [0.15, 0.2) is 0 Å². The van der Waals surface area contributed by atoms with Crippen LogP contribution in [0.5, 0.6) is 0 Å². The van der Waals surface area contributed by atoms with E-state index in [2.05, 4.69) is 21.0 Å². The smallest absolute Gasteiger partial charge is 0.131 e. The molecule has 0 amide bonds. The fourth-order valence-electron chi connectivity index (χ4n) is 1.70. The maximum atomic E-state index is 5.76. The summed E-state index contributed by atoms with van der Waals surface area (Å²) in [5.74, 6) is 0.588. The molecule has 3 N–H and O–H groups in total. The highest BCUT2D eigenvalue weighted by atomic mass is 35.5. The van der Waals surface area contributed by atoms with Crippen molar-refractivity contribution in [3.05, 3.63) is 29.7 Å². The van der Waals surface area contributed by atoms with Crippen LogP contribution in [-0.4, -0.2) is 15.0 Å². The van der Waals surface area contributed by atoms with Crippen molar-refractivity contribution in [2.45, 2.75) is 6.42 Å². The molecule has 0 fully saturated rings. The predicted octanol–water partition coefficient (Wildman–Crippen LogP) is 1.38. The number of halogens is 1. The lowest BCUT2D eigenvalue weighted by molar-refractivity contribution is 1.02. The number of anilines is 1. The maximum absolute atomic E-state index is 5.76. The number of hydrogen-bond donors (Lipinski definition) is 2. The Morgan fingerprint density at radius 3 is 3.00 bits per heavy atom. The third-order valence-electron chi connectivity index (χ3n) is 2.35. The van der Waals surface area contributed by atoms with Crippen LogP contribution in [0.1, 0.15) is 11.3 Å². The van der Waals surface area contributed by atoms with E-state index in [4.69, 9.17) is 5.73 Å². The van der Waals surface area contributed by atoms with Crippen molar-refractivity contribution >= 4 is 18.2 Å². The summed E-state index contributed by atoms with van der Waals surface area (Å²) >= 11 is 0. The Bertz CT molecular complexity index is 477. The van der Waals surface area contributed by atoms with E-state index in [1.807, 2.05) is 6.07 Å². The van der Waals surface area contributed by atoms with E-state index >= 15 is 0 Å². The highest BCUT2D eigenvalue weighted by Crippen LogP contribution is 2.30. The number of fused-ring (bicyclic) bond motifs is 4. The molecule has 2 aromatic rings. The Labute approximate surface area is 87.0 Å². The van der Waals surface area contributed by atoms with Gasteiger partial charge < -0.3 is 10.7 Å². The van der Waals surface area contributed by atoms with Crippen LogP contribution in [0.3, 0.4) is 0 Å². The molecule has 1 aliphatic rings. The molecule has 0 atom stereocenters. The van der Waals surface area contributed by atoms with E-state index in [1.165, 1.54) is 12.0 Å². The van der Waals surface area contributed by atoms with Gasteiger partial charge in [-0.2, -0.15) is 0 Å². The number of nitrogens with one attached hydrogen (secondary N) is 1. The highest BCUT2D eigenvalue weighted by Gasteiger charge is 2.18. The van der Waals surface area contributed by atoms with Gasteiger partial charge in [-0.25, -0.2) is 9.97 Å². The summed E-state index contributed by atoms with van der Waals surface area (Å²) in [5, 5.41) is 0. The average molecular weight is 209 g/mol. The van der Waals surface area contributed by atoms with E-state index in [1.54, 1.807) is 0 Å². The first kappa shape index (κ1) is 9.02. The second-order valence-corrected chi connectivity index (χ2v) is 3.16. The van der Waals surface area contributed by atoms with Crippen molar-refractivity contribution < 1.29 is 0 Å². The lowest BCUT2D eigenvalue weighted by Crippen LogP contribution is -2.06. The number of aromatic nitrogens is 3. The van der Waals surface area contributed by atoms with Gasteiger partial charge in [-0.15, -0.1) is 12.4 Å². The lowest BCUT2D eigenvalue weighted by atomic mass is 10.1. The molecule has 0 saturated carbocycles. The quantitative estimate of drug-likeness (QED) is 0.587. The first-order valence-corrected chi connectivity index (χ1v) is 4.12. The second kappa shape index (κ2) is 2.99. The molecule has 0 spiro atoms. The van der Waals surface area contributed by atoms with Crippen molar-refractivity contribution in [2.75, 3.05) is 5.73 Å². The molecular formula is C9H9ClN4. The SMILES string of the molecule is Cl.Nc1ncnc2c1Cc1ccc-2[nH]1. The van der Waals surface area contributed by atoms with Gasteiger partial charge in [-0.05, 0) is 12.1 Å². The van der Waals surface area contributed by atoms with Crippen molar-refractivity contribution in [2.24, 2.45) is 0 Å². The normalized spacial score (nSPS) is 11.7. The minimum Gasteiger partial charge on any atom is -0.383 e. The summed E-state index contributed by atoms with van der Waals surface area (Å²) in [5.41, 5.74) is 9.94. The first-order valence-electron chi connectivity index (χ1n) is 4.12. The van der Waals surface area contributed by atoms with Gasteiger partial charge in [0.05, 0.1) is 11.4 Å². The zero-order chi connectivity index (χ0) is 8.84. The van der Waals surface area contributed by atoms with Crippen LogP contribution in [0, 0.1) is 0 Å². The van der Waals surface area contributed by atoms with Gasteiger partial charge in [0.25, 0.3) is 0 Å². The standard InChI is InChI=1S/C9H8N4.ClH/c10-9-6-3-5-1-2-7(13-5)8(6)11-4-12-9;/h1-2,4,13H,3H2,(H2,10,11,12);1H. The molecule has 0 aliphatic carbocycles. The molecule has 2 bridgehead atoms. The van der Waals surface area contributed by atoms with Crippen LogP contribution < -0.4 is 5.73 Å². The van der Waals surface area contributed by atoms with Crippen LogP contribution >= 0.6 is 12.4 Å². The molecule has 0 radical (unpaired) electrons. The maximum Gasteiger partial charge on any atom is 0.131 e. The number of nitrogens with two attached hydrogens (primary N) is 1. The fraction of sp³-hybridized carbons (Fsp3) is 0.111. The summed E-state index contributed by atoms with van der Waals surface area (Å²) in [6, 6.07) is 4.07. The second-order valence-electron chi connectivity index (χ2n) is 3.16. The zero-order valence-electron chi connectivity index (χ0n) is 7.32. The van der Waals surface area contributed by atoms with Gasteiger partial charge in [-0.3, -0.25) is 0 Å². The monoisotopic (exact) mass is 208 g/mol. The van der Waals surface area contributed by atoms with Crippen molar-refractivity contribution in [1.29, 1.82) is 0 Å². The predicted molar refractivity (Wildman–Crippen MR) is 56.3 cm³/mol. The molecule has 0 saturated heterocycles. The van der Waals surface area contributed by atoms with Gasteiger partial charge in [0.2, 0.25) is 0 Å². The van der Waals surface area contributed by atoms with Crippen LogP contribution in [-0.2, 0) is 6.42 Å². The van der Waals surface area contributed by atoms with Crippen molar-refractivity contribution in [3.8, 4) is 11.4 Å². The molecule has 72 valence electrons. The molecule has 3 rings (SSSR count). The van der Waals surface area contributed by atoms with Crippen molar-refractivity contribution in [1.82, 2.24) is 15.0 Å². The summed E-state index contributed by atoms with van der Waals surface area (Å²) in [7, 11) is 0. The van der Waals surface area contributed by atoms with Crippen LogP contribution in [0.15, 0.2) is 18.5 Å². The minimum absolute atomic E-state index is 0. The summed E-state index contributed by atoms with van der Waals surface area (Å²) in [6.07, 6.45) is 2.31. The Kier molecular flexibility index (Phi) is 1.93. The number of aromatic amines is 1. The zero-order valence-corrected chi connectivity index (χ0v) is 8.14. The third kappa shape index (κ3) is 1.08. The molecule has 5 heteroatoms. The molecule has 0 aromatic carbocycles. The average Bonchev–Trinajstić information content (AvgIpc) is 2.51. The molecule has 3 heterocycles. The van der Waals surface area contributed by atoms with E-state index in [-0.39, 0.29) is 12.4 Å². The fourth-order valence-corrected chi connectivity index (χ4v) is 1.70. The number of hydrogen-bond acceptors (Lipinski definition) is 3. The molecule has 0 unspecified atom stereocenters. The van der Waals surface area contributed by atoms with Gasteiger partial charge in [-0.1, -0.05) is 0 Å². The van der Waals surface area contributed by atoms with E-state index in [0.29, 0.717) is 5.82 Å². The van der Waals surface area contributed by atoms with Gasteiger partial charge in [0.1, 0.15) is 12.1 Å². The molecule has 14 heavy (non-hydrogen) atoms. The highest BCUT2D eigenvalue weighted by molar-refractivity contribution is 5.85. The lowest BCUT2D eigenvalue weighted by Gasteiger charge is -2.11. The molecule has 1 aliphatic heterocycles. The number of rotatable bonds is 0. The first-order chi connectivity index (χ1) is 6.34. The van der Waals surface area contributed by atoms with Crippen LogP contribution in [0.4, 0.5) is 5.82 Å². The summed E-state index contributed by atoms with van der Waals surface area (Å²) in [4.78, 5) is 11.4. The number of nitrogen functional groups attached to an aromatic ring is 1. The van der Waals surface area contributed by atoms with Gasteiger partial charge in [0, 0.05) is 17.7 Å². The van der Waals surface area contributed by atoms with Gasteiger partial charge >= 0.3 is 0 Å². The Balaban J connectivity index is 0.000000750. The third-order valence-corrected chi connectivity index (χ3v) is 2.35. The van der Waals surface area contributed by atoms with Crippen LogP contribution in [0.2, 0.25) is 0 Å². The minimum atomic E-state index is 0.